The molecule has 1 saturated heterocycles. The minimum Gasteiger partial charge on any atom is -0.355 e. The monoisotopic (exact) mass is 261 g/mol. The number of likely N-dealkylation sites (N-methyl/N-ethyl adjacent to an activating group) is 1. The highest BCUT2D eigenvalue weighted by Crippen LogP contribution is 2.23. The first kappa shape index (κ1) is 14.0. The Morgan fingerprint density at radius 2 is 2.16 bits per heavy atom. The maximum Gasteiger partial charge on any atom is 0.238 e. The molecule has 0 bridgehead atoms. The van der Waals surface area contributed by atoms with Crippen molar-refractivity contribution in [2.45, 2.75) is 25.4 Å². The van der Waals surface area contributed by atoms with Crippen LogP contribution in [0.4, 0.5) is 0 Å². The largest absolute Gasteiger partial charge is 0.355 e. The van der Waals surface area contributed by atoms with Crippen LogP contribution >= 0.6 is 0 Å². The third-order valence-electron chi connectivity index (χ3n) is 3.77. The average molecular weight is 261 g/mol. The Hall–Kier alpha value is -1.39. The number of nitrogens with one attached hydrogen (secondary N) is 2. The quantitative estimate of drug-likeness (QED) is 0.855. The van der Waals surface area contributed by atoms with Crippen LogP contribution in [0.25, 0.3) is 0 Å². The zero-order valence-corrected chi connectivity index (χ0v) is 11.7. The Bertz CT molecular complexity index is 407. The molecule has 0 aromatic heterocycles. The minimum atomic E-state index is -0.0947. The normalized spacial score (nSPS) is 22.6. The summed E-state index contributed by atoms with van der Waals surface area (Å²) in [7, 11) is 1.89. The van der Waals surface area contributed by atoms with E-state index in [-0.39, 0.29) is 18.0 Å². The first-order valence-electron chi connectivity index (χ1n) is 6.97. The van der Waals surface area contributed by atoms with Gasteiger partial charge in [-0.05, 0) is 26.0 Å². The van der Waals surface area contributed by atoms with E-state index in [0.29, 0.717) is 6.54 Å². The Balaban J connectivity index is 2.20. The molecule has 1 aliphatic heterocycles. The molecule has 1 amide bonds. The summed E-state index contributed by atoms with van der Waals surface area (Å²) in [6.07, 6.45) is 1.00. The molecule has 1 fully saturated rings. The summed E-state index contributed by atoms with van der Waals surface area (Å²) < 4.78 is 0. The van der Waals surface area contributed by atoms with E-state index in [1.807, 2.05) is 13.1 Å². The highest BCUT2D eigenvalue weighted by Gasteiger charge is 2.31. The van der Waals surface area contributed by atoms with Crippen molar-refractivity contribution in [1.82, 2.24) is 15.5 Å². The molecule has 0 saturated carbocycles. The van der Waals surface area contributed by atoms with Crippen molar-refractivity contribution >= 4 is 5.91 Å². The van der Waals surface area contributed by atoms with Crippen molar-refractivity contribution in [2.75, 3.05) is 26.7 Å². The van der Waals surface area contributed by atoms with Crippen LogP contribution in [0.1, 0.15) is 24.9 Å². The summed E-state index contributed by atoms with van der Waals surface area (Å²) in [5.41, 5.74) is 1.26. The maximum absolute atomic E-state index is 12.2. The zero-order valence-electron chi connectivity index (χ0n) is 11.7. The molecular weight excluding hydrogens is 238 g/mol. The first-order valence-corrected chi connectivity index (χ1v) is 6.97. The van der Waals surface area contributed by atoms with E-state index in [4.69, 9.17) is 0 Å². The van der Waals surface area contributed by atoms with Gasteiger partial charge >= 0.3 is 0 Å². The van der Waals surface area contributed by atoms with E-state index in [1.54, 1.807) is 0 Å². The standard InChI is InChI=1S/C15H23N3O/c1-12(13-7-4-3-5-8-13)18-10-6-9-17-15(19)14(18)11-16-2/h3-5,7-8,12,14,16H,6,9-11H2,1-2H3,(H,17,19). The van der Waals surface area contributed by atoms with Crippen molar-refractivity contribution in [3.05, 3.63) is 35.9 Å². The van der Waals surface area contributed by atoms with Crippen LogP contribution in [0.5, 0.6) is 0 Å². The Kier molecular flexibility index (Phi) is 4.93. The van der Waals surface area contributed by atoms with Gasteiger partial charge in [-0.2, -0.15) is 0 Å². The van der Waals surface area contributed by atoms with E-state index in [0.717, 1.165) is 19.5 Å². The topological polar surface area (TPSA) is 44.4 Å². The number of carbonyl (C=O) groups is 1. The van der Waals surface area contributed by atoms with Crippen LogP contribution in [0.15, 0.2) is 30.3 Å². The second kappa shape index (κ2) is 6.68. The van der Waals surface area contributed by atoms with E-state index < -0.39 is 0 Å². The van der Waals surface area contributed by atoms with Crippen molar-refractivity contribution < 1.29 is 4.79 Å². The second-order valence-electron chi connectivity index (χ2n) is 5.04. The molecule has 2 rings (SSSR count). The number of hydrogen-bond acceptors (Lipinski definition) is 3. The molecule has 4 nitrogen and oxygen atoms in total. The lowest BCUT2D eigenvalue weighted by Crippen LogP contribution is -2.50. The van der Waals surface area contributed by atoms with Gasteiger partial charge in [0.15, 0.2) is 0 Å². The first-order chi connectivity index (χ1) is 9.24. The summed E-state index contributed by atoms with van der Waals surface area (Å²) in [6.45, 7) is 4.58. The van der Waals surface area contributed by atoms with Gasteiger partial charge in [0.25, 0.3) is 0 Å². The summed E-state index contributed by atoms with van der Waals surface area (Å²) in [5, 5.41) is 6.12. The van der Waals surface area contributed by atoms with Gasteiger partial charge in [-0.25, -0.2) is 0 Å². The van der Waals surface area contributed by atoms with Crippen LogP contribution in [-0.2, 0) is 4.79 Å². The summed E-state index contributed by atoms with van der Waals surface area (Å²) >= 11 is 0. The van der Waals surface area contributed by atoms with E-state index >= 15 is 0 Å². The third kappa shape index (κ3) is 3.33. The lowest BCUT2D eigenvalue weighted by molar-refractivity contribution is -0.126. The SMILES string of the molecule is CNCC1C(=O)NCCCN1C(C)c1ccccc1. The molecule has 1 aromatic rings. The Labute approximate surface area is 115 Å². The molecule has 19 heavy (non-hydrogen) atoms. The molecule has 0 aliphatic carbocycles. The number of hydrogen-bond donors (Lipinski definition) is 2. The summed E-state index contributed by atoms with van der Waals surface area (Å²) in [4.78, 5) is 14.5. The summed E-state index contributed by atoms with van der Waals surface area (Å²) in [6, 6.07) is 10.5. The molecule has 2 unspecified atom stereocenters. The predicted octanol–water partition coefficient (Wildman–Crippen LogP) is 1.16. The maximum atomic E-state index is 12.2. The molecule has 1 heterocycles. The van der Waals surface area contributed by atoms with Gasteiger partial charge in [0.1, 0.15) is 6.04 Å². The summed E-state index contributed by atoms with van der Waals surface area (Å²) in [5.74, 6) is 0.134. The van der Waals surface area contributed by atoms with E-state index in [2.05, 4.69) is 46.7 Å². The van der Waals surface area contributed by atoms with Crippen molar-refractivity contribution in [3.63, 3.8) is 0 Å². The molecule has 1 aliphatic rings. The second-order valence-corrected chi connectivity index (χ2v) is 5.04. The molecule has 104 valence electrons. The van der Waals surface area contributed by atoms with Crippen LogP contribution in [0.2, 0.25) is 0 Å². The predicted molar refractivity (Wildman–Crippen MR) is 76.9 cm³/mol. The zero-order chi connectivity index (χ0) is 13.7. The minimum absolute atomic E-state index is 0.0947. The molecule has 4 heteroatoms. The van der Waals surface area contributed by atoms with Gasteiger partial charge in [0.05, 0.1) is 0 Å². The lowest BCUT2D eigenvalue weighted by Gasteiger charge is -2.34. The molecule has 0 radical (unpaired) electrons. The van der Waals surface area contributed by atoms with Gasteiger partial charge in [0, 0.05) is 25.7 Å². The number of carbonyl (C=O) groups excluding carboxylic acids is 1. The number of nitrogens with zero attached hydrogens (tertiary/aromatic N) is 1. The Morgan fingerprint density at radius 3 is 2.84 bits per heavy atom. The lowest BCUT2D eigenvalue weighted by atomic mass is 10.0. The highest BCUT2D eigenvalue weighted by atomic mass is 16.2. The molecule has 1 aromatic carbocycles. The average Bonchev–Trinajstić information content (AvgIpc) is 2.62. The fraction of sp³-hybridized carbons (Fsp3) is 0.533. The highest BCUT2D eigenvalue weighted by molar-refractivity contribution is 5.82. The molecule has 2 atom stereocenters. The molecule has 2 N–H and O–H groups in total. The van der Waals surface area contributed by atoms with Crippen molar-refractivity contribution in [1.29, 1.82) is 0 Å². The van der Waals surface area contributed by atoms with Crippen molar-refractivity contribution in [3.8, 4) is 0 Å². The molecule has 0 spiro atoms. The van der Waals surface area contributed by atoms with Crippen molar-refractivity contribution in [2.24, 2.45) is 0 Å². The van der Waals surface area contributed by atoms with Crippen LogP contribution < -0.4 is 10.6 Å². The van der Waals surface area contributed by atoms with E-state index in [9.17, 15) is 4.79 Å². The van der Waals surface area contributed by atoms with Crippen LogP contribution in [0.3, 0.4) is 0 Å². The third-order valence-corrected chi connectivity index (χ3v) is 3.77. The fourth-order valence-corrected chi connectivity index (χ4v) is 2.69. The number of benzene rings is 1. The Morgan fingerprint density at radius 1 is 1.42 bits per heavy atom. The number of rotatable bonds is 4. The van der Waals surface area contributed by atoms with Gasteiger partial charge in [-0.1, -0.05) is 30.3 Å². The number of amides is 1. The fourth-order valence-electron chi connectivity index (χ4n) is 2.69. The smallest absolute Gasteiger partial charge is 0.238 e. The van der Waals surface area contributed by atoms with E-state index in [1.165, 1.54) is 5.56 Å². The van der Waals surface area contributed by atoms with Gasteiger partial charge in [0.2, 0.25) is 5.91 Å². The van der Waals surface area contributed by atoms with Gasteiger partial charge in [-0.3, -0.25) is 9.69 Å². The van der Waals surface area contributed by atoms with Gasteiger partial charge in [-0.15, -0.1) is 0 Å². The van der Waals surface area contributed by atoms with Gasteiger partial charge < -0.3 is 10.6 Å². The molecular formula is C15H23N3O. The van der Waals surface area contributed by atoms with Crippen LogP contribution in [0, 0.1) is 0 Å². The van der Waals surface area contributed by atoms with Crippen LogP contribution in [-0.4, -0.2) is 43.5 Å².